The monoisotopic (exact) mass is 220 g/mol. The van der Waals surface area contributed by atoms with Crippen LogP contribution in [0, 0.1) is 5.41 Å². The quantitative estimate of drug-likeness (QED) is 0.418. The highest BCUT2D eigenvalue weighted by atomic mass is 14.4. The molecule has 0 saturated heterocycles. The van der Waals surface area contributed by atoms with E-state index < -0.39 is 0 Å². The Morgan fingerprint density at radius 1 is 0.938 bits per heavy atom. The molecule has 0 N–H and O–H groups in total. The summed E-state index contributed by atoms with van der Waals surface area (Å²) in [7, 11) is 0. The van der Waals surface area contributed by atoms with Crippen LogP contribution in [0.3, 0.4) is 0 Å². The highest BCUT2D eigenvalue weighted by Crippen LogP contribution is 2.46. The smallest absolute Gasteiger partial charge is 0.00907 e. The van der Waals surface area contributed by atoms with Crippen LogP contribution in [0.25, 0.3) is 0 Å². The summed E-state index contributed by atoms with van der Waals surface area (Å²) in [4.78, 5) is 0. The summed E-state index contributed by atoms with van der Waals surface area (Å²) in [6, 6.07) is 0. The molecule has 1 saturated carbocycles. The van der Waals surface area contributed by atoms with E-state index in [1.807, 2.05) is 5.57 Å². The third-order valence-electron chi connectivity index (χ3n) is 4.96. The Hall–Kier alpha value is -0.260. The zero-order chi connectivity index (χ0) is 11.3. The molecular formula is C16H28. The van der Waals surface area contributed by atoms with Crippen LogP contribution in [0.4, 0.5) is 0 Å². The van der Waals surface area contributed by atoms with Gasteiger partial charge >= 0.3 is 0 Å². The van der Waals surface area contributed by atoms with E-state index >= 15 is 0 Å². The molecule has 2 aliphatic carbocycles. The third-order valence-corrected chi connectivity index (χ3v) is 4.96. The molecule has 0 unspecified atom stereocenters. The fourth-order valence-electron chi connectivity index (χ4n) is 3.80. The van der Waals surface area contributed by atoms with Crippen LogP contribution in [0.15, 0.2) is 11.6 Å². The maximum atomic E-state index is 2.63. The molecule has 0 spiro atoms. The minimum Gasteiger partial charge on any atom is -0.0848 e. The minimum absolute atomic E-state index is 0.626. The molecule has 0 atom stereocenters. The van der Waals surface area contributed by atoms with Crippen LogP contribution in [-0.2, 0) is 0 Å². The van der Waals surface area contributed by atoms with Crippen LogP contribution < -0.4 is 0 Å². The molecule has 1 fully saturated rings. The van der Waals surface area contributed by atoms with Crippen molar-refractivity contribution in [3.8, 4) is 0 Å². The standard InChI is InChI=1S/C16H28/c1-2-16(13-9-5-6-10-14-16)15-11-7-3-4-8-12-15/h11H,2-10,12-14H2,1H3. The Morgan fingerprint density at radius 3 is 2.31 bits per heavy atom. The molecule has 2 rings (SSSR count). The van der Waals surface area contributed by atoms with Crippen molar-refractivity contribution in [2.45, 2.75) is 84.0 Å². The van der Waals surface area contributed by atoms with Gasteiger partial charge in [0.15, 0.2) is 0 Å². The Kier molecular flexibility index (Phi) is 4.49. The fourth-order valence-corrected chi connectivity index (χ4v) is 3.80. The second-order valence-electron chi connectivity index (χ2n) is 5.88. The van der Waals surface area contributed by atoms with Crippen LogP contribution in [0.2, 0.25) is 0 Å². The predicted molar refractivity (Wildman–Crippen MR) is 71.6 cm³/mol. The first-order valence-corrected chi connectivity index (χ1v) is 7.57. The third kappa shape index (κ3) is 2.70. The van der Waals surface area contributed by atoms with Gasteiger partial charge in [0.05, 0.1) is 0 Å². The minimum atomic E-state index is 0.626. The van der Waals surface area contributed by atoms with Gasteiger partial charge in [-0.05, 0) is 50.4 Å². The average molecular weight is 220 g/mol. The normalized spacial score (nSPS) is 26.7. The molecule has 0 aliphatic heterocycles. The van der Waals surface area contributed by atoms with Crippen LogP contribution in [0.1, 0.15) is 84.0 Å². The molecule has 0 aromatic carbocycles. The van der Waals surface area contributed by atoms with Crippen molar-refractivity contribution < 1.29 is 0 Å². The Balaban J connectivity index is 2.13. The lowest BCUT2D eigenvalue weighted by molar-refractivity contribution is 0.283. The predicted octanol–water partition coefficient (Wildman–Crippen LogP) is 5.63. The summed E-state index contributed by atoms with van der Waals surface area (Å²) in [6.07, 6.45) is 20.0. The first-order valence-electron chi connectivity index (χ1n) is 7.57. The number of hydrogen-bond donors (Lipinski definition) is 0. The van der Waals surface area contributed by atoms with Gasteiger partial charge in [-0.15, -0.1) is 0 Å². The van der Waals surface area contributed by atoms with E-state index in [-0.39, 0.29) is 0 Å². The lowest BCUT2D eigenvalue weighted by atomic mass is 9.70. The summed E-state index contributed by atoms with van der Waals surface area (Å²) in [6.45, 7) is 2.43. The van der Waals surface area contributed by atoms with E-state index in [0.29, 0.717) is 5.41 Å². The van der Waals surface area contributed by atoms with Gasteiger partial charge in [0, 0.05) is 0 Å². The van der Waals surface area contributed by atoms with E-state index in [1.54, 1.807) is 0 Å². The second-order valence-corrected chi connectivity index (χ2v) is 5.88. The van der Waals surface area contributed by atoms with Crippen molar-refractivity contribution in [3.05, 3.63) is 11.6 Å². The number of rotatable bonds is 2. The summed E-state index contributed by atoms with van der Waals surface area (Å²) in [5, 5.41) is 0. The van der Waals surface area contributed by atoms with Gasteiger partial charge in [-0.2, -0.15) is 0 Å². The zero-order valence-electron chi connectivity index (χ0n) is 11.1. The molecule has 0 bridgehead atoms. The zero-order valence-corrected chi connectivity index (χ0v) is 11.1. The van der Waals surface area contributed by atoms with Gasteiger partial charge in [0.2, 0.25) is 0 Å². The van der Waals surface area contributed by atoms with Crippen LogP contribution >= 0.6 is 0 Å². The SMILES string of the molecule is CCC1(C2=CCCCCC2)CCCCCC1. The van der Waals surface area contributed by atoms with Gasteiger partial charge < -0.3 is 0 Å². The van der Waals surface area contributed by atoms with Crippen molar-refractivity contribution in [3.63, 3.8) is 0 Å². The number of hydrogen-bond acceptors (Lipinski definition) is 0. The highest BCUT2D eigenvalue weighted by Gasteiger charge is 2.32. The molecular weight excluding hydrogens is 192 g/mol. The second kappa shape index (κ2) is 5.89. The molecule has 2 aliphatic rings. The van der Waals surface area contributed by atoms with Crippen LogP contribution in [0.5, 0.6) is 0 Å². The van der Waals surface area contributed by atoms with Crippen molar-refractivity contribution in [2.75, 3.05) is 0 Å². The van der Waals surface area contributed by atoms with Crippen molar-refractivity contribution >= 4 is 0 Å². The van der Waals surface area contributed by atoms with Gasteiger partial charge in [-0.3, -0.25) is 0 Å². The molecule has 16 heavy (non-hydrogen) atoms. The highest BCUT2D eigenvalue weighted by molar-refractivity contribution is 5.16. The number of allylic oxidation sites excluding steroid dienone is 2. The van der Waals surface area contributed by atoms with Gasteiger partial charge in [-0.1, -0.05) is 50.7 Å². The van der Waals surface area contributed by atoms with E-state index in [0.717, 1.165) is 0 Å². The van der Waals surface area contributed by atoms with Gasteiger partial charge in [-0.25, -0.2) is 0 Å². The first-order chi connectivity index (χ1) is 7.87. The van der Waals surface area contributed by atoms with E-state index in [2.05, 4.69) is 13.0 Å². The maximum absolute atomic E-state index is 2.63. The lowest BCUT2D eigenvalue weighted by Gasteiger charge is -2.35. The average Bonchev–Trinajstić information content (AvgIpc) is 2.72. The molecule has 0 nitrogen and oxygen atoms in total. The first kappa shape index (κ1) is 12.2. The topological polar surface area (TPSA) is 0 Å². The van der Waals surface area contributed by atoms with Crippen LogP contribution in [-0.4, -0.2) is 0 Å². The molecule has 92 valence electrons. The Labute approximate surface area is 102 Å². The Morgan fingerprint density at radius 2 is 1.62 bits per heavy atom. The fraction of sp³-hybridized carbons (Fsp3) is 0.875. The molecule has 0 radical (unpaired) electrons. The Bertz CT molecular complexity index is 228. The molecule has 0 amide bonds. The van der Waals surface area contributed by atoms with E-state index in [4.69, 9.17) is 0 Å². The molecule has 0 aromatic rings. The summed E-state index contributed by atoms with van der Waals surface area (Å²) >= 11 is 0. The summed E-state index contributed by atoms with van der Waals surface area (Å²) < 4.78 is 0. The summed E-state index contributed by atoms with van der Waals surface area (Å²) in [5.74, 6) is 0. The maximum Gasteiger partial charge on any atom is -0.00907 e. The summed E-state index contributed by atoms with van der Waals surface area (Å²) in [5.41, 5.74) is 2.48. The van der Waals surface area contributed by atoms with E-state index in [1.165, 1.54) is 77.0 Å². The van der Waals surface area contributed by atoms with Gasteiger partial charge in [0.1, 0.15) is 0 Å². The van der Waals surface area contributed by atoms with Gasteiger partial charge in [0.25, 0.3) is 0 Å². The largest absolute Gasteiger partial charge is 0.0848 e. The van der Waals surface area contributed by atoms with Crippen molar-refractivity contribution in [1.29, 1.82) is 0 Å². The van der Waals surface area contributed by atoms with Crippen molar-refractivity contribution in [2.24, 2.45) is 5.41 Å². The van der Waals surface area contributed by atoms with Crippen molar-refractivity contribution in [1.82, 2.24) is 0 Å². The molecule has 0 aromatic heterocycles. The molecule has 0 heterocycles. The molecule has 0 heteroatoms. The van der Waals surface area contributed by atoms with E-state index in [9.17, 15) is 0 Å². The lowest BCUT2D eigenvalue weighted by Crippen LogP contribution is -2.22.